The van der Waals surface area contributed by atoms with Crippen LogP contribution in [0.1, 0.15) is 45.4 Å². The molecule has 9 heteroatoms. The Morgan fingerprint density at radius 2 is 1.52 bits per heavy atom. The van der Waals surface area contributed by atoms with Gasteiger partial charge in [-0.3, -0.25) is 0 Å². The normalized spacial score (nSPS) is 10.7. The molecule has 0 saturated heterocycles. The van der Waals surface area contributed by atoms with Crippen LogP contribution in [0.4, 0.5) is 11.9 Å². The van der Waals surface area contributed by atoms with E-state index in [1.54, 1.807) is 6.08 Å². The predicted molar refractivity (Wildman–Crippen MR) is 117 cm³/mol. The minimum absolute atomic E-state index is 0.268. The molecule has 29 heavy (non-hydrogen) atoms. The van der Waals surface area contributed by atoms with Gasteiger partial charge in [-0.15, -0.1) is 0 Å². The van der Waals surface area contributed by atoms with Gasteiger partial charge in [0.25, 0.3) is 0 Å². The van der Waals surface area contributed by atoms with Crippen LogP contribution < -0.4 is 21.1 Å². The Labute approximate surface area is 174 Å². The summed E-state index contributed by atoms with van der Waals surface area (Å²) in [7, 11) is 0. The van der Waals surface area contributed by atoms with E-state index in [2.05, 4.69) is 39.1 Å². The Morgan fingerprint density at radius 3 is 2.21 bits per heavy atom. The zero-order valence-electron chi connectivity index (χ0n) is 17.8. The second kappa shape index (κ2) is 18.1. The second-order valence-electron chi connectivity index (χ2n) is 6.50. The van der Waals surface area contributed by atoms with Gasteiger partial charge in [-0.2, -0.15) is 15.0 Å². The minimum Gasteiger partial charge on any atom is -0.459 e. The van der Waals surface area contributed by atoms with E-state index in [4.69, 9.17) is 19.9 Å². The van der Waals surface area contributed by atoms with E-state index >= 15 is 0 Å². The zero-order chi connectivity index (χ0) is 21.0. The molecular formula is C20H38N6O3. The highest BCUT2D eigenvalue weighted by molar-refractivity contribution is 5.35. The first-order valence-electron chi connectivity index (χ1n) is 10.6. The molecule has 0 fully saturated rings. The van der Waals surface area contributed by atoms with Crippen LogP contribution in [0.5, 0.6) is 6.01 Å². The van der Waals surface area contributed by atoms with E-state index in [0.717, 1.165) is 13.0 Å². The topological polar surface area (TPSA) is 116 Å². The minimum atomic E-state index is 0.268. The van der Waals surface area contributed by atoms with Gasteiger partial charge in [-0.05, 0) is 6.42 Å². The maximum absolute atomic E-state index is 5.49. The lowest BCUT2D eigenvalue weighted by atomic mass is 10.1. The van der Waals surface area contributed by atoms with Gasteiger partial charge in [0.2, 0.25) is 11.9 Å². The summed E-state index contributed by atoms with van der Waals surface area (Å²) in [4.78, 5) is 13.0. The fourth-order valence-electron chi connectivity index (χ4n) is 2.46. The number of anilines is 2. The third-order valence-corrected chi connectivity index (χ3v) is 3.92. The summed E-state index contributed by atoms with van der Waals surface area (Å²) in [5.74, 6) is 0.957. The van der Waals surface area contributed by atoms with Gasteiger partial charge >= 0.3 is 6.01 Å². The molecule has 1 aromatic rings. The number of hydrogen-bond donors (Lipinski definition) is 3. The summed E-state index contributed by atoms with van der Waals surface area (Å²) in [6.07, 6.45) is 9.09. The van der Waals surface area contributed by atoms with Crippen LogP contribution in [-0.2, 0) is 9.47 Å². The predicted octanol–water partition coefficient (Wildman–Crippen LogP) is 2.61. The number of ether oxygens (including phenoxy) is 3. The van der Waals surface area contributed by atoms with Crippen molar-refractivity contribution >= 4 is 11.9 Å². The highest BCUT2D eigenvalue weighted by Gasteiger charge is 2.07. The van der Waals surface area contributed by atoms with E-state index in [9.17, 15) is 0 Å². The van der Waals surface area contributed by atoms with Gasteiger partial charge in [-0.25, -0.2) is 0 Å². The molecule has 0 saturated carbocycles. The van der Waals surface area contributed by atoms with Crippen LogP contribution in [0.3, 0.4) is 0 Å². The number of nitrogens with two attached hydrogens (primary N) is 1. The molecular weight excluding hydrogens is 372 g/mol. The molecule has 1 aromatic heterocycles. The van der Waals surface area contributed by atoms with Gasteiger partial charge in [0.15, 0.2) is 0 Å². The van der Waals surface area contributed by atoms with Crippen molar-refractivity contribution in [1.29, 1.82) is 0 Å². The van der Waals surface area contributed by atoms with Gasteiger partial charge < -0.3 is 30.6 Å². The third kappa shape index (κ3) is 13.8. The summed E-state index contributed by atoms with van der Waals surface area (Å²) in [6.45, 7) is 10.3. The lowest BCUT2D eigenvalue weighted by Gasteiger charge is -2.10. The van der Waals surface area contributed by atoms with Crippen molar-refractivity contribution in [3.8, 4) is 6.01 Å². The Kier molecular flexibility index (Phi) is 15.6. The number of nitrogens with one attached hydrogen (secondary N) is 2. The summed E-state index contributed by atoms with van der Waals surface area (Å²) >= 11 is 0. The molecule has 0 aliphatic heterocycles. The number of nitrogens with zero attached hydrogens (tertiary/aromatic N) is 3. The zero-order valence-corrected chi connectivity index (χ0v) is 17.8. The van der Waals surface area contributed by atoms with Gasteiger partial charge in [0, 0.05) is 19.6 Å². The lowest BCUT2D eigenvalue weighted by molar-refractivity contribution is 0.0547. The average Bonchev–Trinajstić information content (AvgIpc) is 2.73. The first-order chi connectivity index (χ1) is 14.3. The molecule has 0 atom stereocenters. The summed E-state index contributed by atoms with van der Waals surface area (Å²) in [5, 5.41) is 6.39. The van der Waals surface area contributed by atoms with Crippen molar-refractivity contribution in [3.05, 3.63) is 12.7 Å². The van der Waals surface area contributed by atoms with Crippen LogP contribution in [-0.4, -0.2) is 67.6 Å². The smallest absolute Gasteiger partial charge is 0.323 e. The van der Waals surface area contributed by atoms with Crippen LogP contribution in [0.2, 0.25) is 0 Å². The third-order valence-electron chi connectivity index (χ3n) is 3.92. The van der Waals surface area contributed by atoms with Crippen molar-refractivity contribution in [2.24, 2.45) is 5.73 Å². The molecule has 1 rings (SSSR count). The maximum atomic E-state index is 5.49. The van der Waals surface area contributed by atoms with Crippen molar-refractivity contribution < 1.29 is 14.2 Å². The first kappa shape index (κ1) is 25.1. The summed E-state index contributed by atoms with van der Waals surface area (Å²) in [6, 6.07) is 0.268. The average molecular weight is 411 g/mol. The molecule has 0 aromatic carbocycles. The first-order valence-corrected chi connectivity index (χ1v) is 10.6. The maximum Gasteiger partial charge on any atom is 0.323 e. The Morgan fingerprint density at radius 1 is 0.862 bits per heavy atom. The molecule has 0 bridgehead atoms. The molecule has 0 aliphatic rings. The molecule has 0 radical (unpaired) electrons. The van der Waals surface area contributed by atoms with E-state index in [1.165, 1.54) is 32.1 Å². The standard InChI is InChI=1S/C20H38N6O3/c1-3-5-6-7-8-9-11-22-18-24-19(26-20(25-18)29-13-4-2)23-12-15-28-17-16-27-14-10-21/h4H,2-3,5-17,21H2,1H3,(H2,22,23,24,25,26). The van der Waals surface area contributed by atoms with Crippen LogP contribution >= 0.6 is 0 Å². The quantitative estimate of drug-likeness (QED) is 0.220. The second-order valence-corrected chi connectivity index (χ2v) is 6.50. The Bertz CT molecular complexity index is 533. The molecule has 1 heterocycles. The largest absolute Gasteiger partial charge is 0.459 e. The molecule has 0 aliphatic carbocycles. The Hall–Kier alpha value is -1.97. The number of rotatable bonds is 20. The Balaban J connectivity index is 2.37. The molecule has 9 nitrogen and oxygen atoms in total. The van der Waals surface area contributed by atoms with E-state index in [1.807, 2.05) is 0 Å². The molecule has 0 spiro atoms. The van der Waals surface area contributed by atoms with Crippen molar-refractivity contribution in [1.82, 2.24) is 15.0 Å². The highest BCUT2D eigenvalue weighted by Crippen LogP contribution is 2.12. The fourth-order valence-corrected chi connectivity index (χ4v) is 2.46. The van der Waals surface area contributed by atoms with Crippen LogP contribution in [0.25, 0.3) is 0 Å². The monoisotopic (exact) mass is 410 g/mol. The summed E-state index contributed by atoms with van der Waals surface area (Å²) < 4.78 is 16.2. The van der Waals surface area contributed by atoms with E-state index in [-0.39, 0.29) is 6.01 Å². The van der Waals surface area contributed by atoms with Crippen molar-refractivity contribution in [2.75, 3.05) is 63.3 Å². The van der Waals surface area contributed by atoms with Gasteiger partial charge in [0.05, 0.1) is 26.4 Å². The van der Waals surface area contributed by atoms with Crippen LogP contribution in [0.15, 0.2) is 12.7 Å². The molecule has 0 amide bonds. The number of aromatic nitrogens is 3. The lowest BCUT2D eigenvalue weighted by Crippen LogP contribution is -2.17. The SMILES string of the molecule is C=CCOc1nc(NCCCCCCCC)nc(NCCOCCOCCN)n1. The molecule has 0 unspecified atom stereocenters. The molecule has 166 valence electrons. The fraction of sp³-hybridized carbons (Fsp3) is 0.750. The van der Waals surface area contributed by atoms with Crippen molar-refractivity contribution in [3.63, 3.8) is 0 Å². The van der Waals surface area contributed by atoms with Gasteiger partial charge in [-0.1, -0.05) is 51.7 Å². The van der Waals surface area contributed by atoms with E-state index in [0.29, 0.717) is 58.0 Å². The van der Waals surface area contributed by atoms with Crippen LogP contribution in [0, 0.1) is 0 Å². The number of unbranched alkanes of at least 4 members (excludes halogenated alkanes) is 5. The summed E-state index contributed by atoms with van der Waals surface area (Å²) in [5.41, 5.74) is 5.36. The van der Waals surface area contributed by atoms with E-state index < -0.39 is 0 Å². The number of hydrogen-bond acceptors (Lipinski definition) is 9. The van der Waals surface area contributed by atoms with Gasteiger partial charge in [0.1, 0.15) is 6.61 Å². The highest BCUT2D eigenvalue weighted by atomic mass is 16.5. The van der Waals surface area contributed by atoms with Crippen molar-refractivity contribution in [2.45, 2.75) is 45.4 Å². The molecule has 4 N–H and O–H groups in total.